The summed E-state index contributed by atoms with van der Waals surface area (Å²) in [5.41, 5.74) is 6.25. The highest BCUT2D eigenvalue weighted by Gasteiger charge is 2.27. The normalized spacial score (nSPS) is 17.5. The molecule has 1 aromatic carbocycles. The number of halogens is 1. The average Bonchev–Trinajstić information content (AvgIpc) is 2.94. The van der Waals surface area contributed by atoms with Crippen molar-refractivity contribution in [2.24, 2.45) is 11.7 Å². The van der Waals surface area contributed by atoms with Crippen molar-refractivity contribution in [3.05, 3.63) is 35.1 Å². The largest absolute Gasteiger partial charge is 0.338 e. The number of nitrogens with zero attached hydrogens (tertiary/aromatic N) is 1. The maximum atomic E-state index is 13.5. The van der Waals surface area contributed by atoms with Crippen LogP contribution in [0, 0.1) is 23.6 Å². The number of likely N-dealkylation sites (tertiary alicyclic amines) is 1. The Labute approximate surface area is 125 Å². The van der Waals surface area contributed by atoms with Crippen LogP contribution in [0.1, 0.15) is 42.1 Å². The molecule has 0 aromatic heterocycles. The second-order valence-corrected chi connectivity index (χ2v) is 5.39. The van der Waals surface area contributed by atoms with Gasteiger partial charge in [-0.3, -0.25) is 4.79 Å². The number of nitrogens with two attached hydrogens (primary N) is 1. The highest BCUT2D eigenvalue weighted by molar-refractivity contribution is 5.97. The Kier molecular flexibility index (Phi) is 5.35. The van der Waals surface area contributed by atoms with Crippen molar-refractivity contribution in [1.29, 1.82) is 0 Å². The van der Waals surface area contributed by atoms with E-state index in [1.807, 2.05) is 4.90 Å². The van der Waals surface area contributed by atoms with E-state index in [0.29, 0.717) is 17.0 Å². The monoisotopic (exact) mass is 288 g/mol. The van der Waals surface area contributed by atoms with Gasteiger partial charge in [0.15, 0.2) is 0 Å². The molecule has 3 nitrogen and oxygen atoms in total. The Hall–Kier alpha value is -1.86. The van der Waals surface area contributed by atoms with Gasteiger partial charge in [0.25, 0.3) is 5.91 Å². The standard InChI is InChI=1S/C17H21FN2O/c1-2-4-13-8-10-20(12-13)17(21)16-11-15(18)7-6-14(16)5-3-9-19/h6-7,11,13H,2,4,8-10,12,19H2,1H3. The van der Waals surface area contributed by atoms with E-state index in [1.165, 1.54) is 12.1 Å². The van der Waals surface area contributed by atoms with E-state index < -0.39 is 5.82 Å². The maximum Gasteiger partial charge on any atom is 0.255 e. The lowest BCUT2D eigenvalue weighted by Crippen LogP contribution is -2.29. The van der Waals surface area contributed by atoms with Gasteiger partial charge in [-0.05, 0) is 37.0 Å². The highest BCUT2D eigenvalue weighted by Crippen LogP contribution is 2.23. The van der Waals surface area contributed by atoms with Crippen LogP contribution in [-0.4, -0.2) is 30.4 Å². The summed E-state index contributed by atoms with van der Waals surface area (Å²) in [5.74, 6) is 5.59. The minimum Gasteiger partial charge on any atom is -0.338 e. The fraction of sp³-hybridized carbons (Fsp3) is 0.471. The number of hydrogen-bond acceptors (Lipinski definition) is 2. The van der Waals surface area contributed by atoms with Crippen LogP contribution >= 0.6 is 0 Å². The summed E-state index contributed by atoms with van der Waals surface area (Å²) in [6.45, 7) is 3.86. The van der Waals surface area contributed by atoms with Gasteiger partial charge >= 0.3 is 0 Å². The number of hydrogen-bond donors (Lipinski definition) is 1. The molecule has 0 spiro atoms. The van der Waals surface area contributed by atoms with Crippen molar-refractivity contribution in [2.45, 2.75) is 26.2 Å². The zero-order chi connectivity index (χ0) is 15.2. The third kappa shape index (κ3) is 3.83. The molecule has 4 heteroatoms. The summed E-state index contributed by atoms with van der Waals surface area (Å²) >= 11 is 0. The van der Waals surface area contributed by atoms with Gasteiger partial charge < -0.3 is 10.6 Å². The fourth-order valence-electron chi connectivity index (χ4n) is 2.78. The SMILES string of the molecule is CCCC1CCN(C(=O)c2cc(F)ccc2C#CCN)C1. The smallest absolute Gasteiger partial charge is 0.255 e. The third-order valence-corrected chi connectivity index (χ3v) is 3.81. The number of benzene rings is 1. The zero-order valence-corrected chi connectivity index (χ0v) is 12.4. The molecule has 0 radical (unpaired) electrons. The van der Waals surface area contributed by atoms with E-state index in [-0.39, 0.29) is 12.5 Å². The van der Waals surface area contributed by atoms with E-state index in [1.54, 1.807) is 6.07 Å². The van der Waals surface area contributed by atoms with Gasteiger partial charge in [-0.15, -0.1) is 0 Å². The summed E-state index contributed by atoms with van der Waals surface area (Å²) in [7, 11) is 0. The molecule has 2 rings (SSSR count). The van der Waals surface area contributed by atoms with Gasteiger partial charge in [0.05, 0.1) is 12.1 Å². The number of carbonyl (C=O) groups is 1. The van der Waals surface area contributed by atoms with Crippen molar-refractivity contribution >= 4 is 5.91 Å². The zero-order valence-electron chi connectivity index (χ0n) is 12.4. The molecule has 1 saturated heterocycles. The Morgan fingerprint density at radius 3 is 3.05 bits per heavy atom. The van der Waals surface area contributed by atoms with Gasteiger partial charge in [-0.2, -0.15) is 0 Å². The van der Waals surface area contributed by atoms with E-state index in [4.69, 9.17) is 5.73 Å². The van der Waals surface area contributed by atoms with Gasteiger partial charge in [-0.1, -0.05) is 25.2 Å². The predicted molar refractivity (Wildman–Crippen MR) is 81.3 cm³/mol. The Balaban J connectivity index is 2.21. The predicted octanol–water partition coefficient (Wildman–Crippen LogP) is 2.40. The molecule has 0 aliphatic carbocycles. The second kappa shape index (κ2) is 7.24. The molecule has 1 aromatic rings. The first-order valence-corrected chi connectivity index (χ1v) is 7.43. The first-order valence-electron chi connectivity index (χ1n) is 7.43. The van der Waals surface area contributed by atoms with Crippen molar-refractivity contribution in [3.8, 4) is 11.8 Å². The molecule has 1 heterocycles. The molecule has 1 aliphatic heterocycles. The molecule has 1 amide bonds. The lowest BCUT2D eigenvalue weighted by atomic mass is 10.0. The first kappa shape index (κ1) is 15.5. The summed E-state index contributed by atoms with van der Waals surface area (Å²) in [4.78, 5) is 14.4. The van der Waals surface area contributed by atoms with Gasteiger partial charge in [0, 0.05) is 18.7 Å². The van der Waals surface area contributed by atoms with Crippen LogP contribution in [0.25, 0.3) is 0 Å². The fourth-order valence-corrected chi connectivity index (χ4v) is 2.78. The summed E-state index contributed by atoms with van der Waals surface area (Å²) in [6.07, 6.45) is 3.28. The van der Waals surface area contributed by atoms with Crippen LogP contribution in [-0.2, 0) is 0 Å². The van der Waals surface area contributed by atoms with Crippen LogP contribution in [0.4, 0.5) is 4.39 Å². The van der Waals surface area contributed by atoms with Crippen LogP contribution in [0.2, 0.25) is 0 Å². The minimum absolute atomic E-state index is 0.130. The molecule has 1 fully saturated rings. The summed E-state index contributed by atoms with van der Waals surface area (Å²) in [6, 6.07) is 4.14. The molecule has 112 valence electrons. The Morgan fingerprint density at radius 2 is 2.33 bits per heavy atom. The van der Waals surface area contributed by atoms with Crippen LogP contribution in [0.15, 0.2) is 18.2 Å². The van der Waals surface area contributed by atoms with Gasteiger partial charge in [0.2, 0.25) is 0 Å². The van der Waals surface area contributed by atoms with E-state index in [0.717, 1.165) is 32.4 Å². The van der Waals surface area contributed by atoms with Crippen molar-refractivity contribution < 1.29 is 9.18 Å². The lowest BCUT2D eigenvalue weighted by molar-refractivity contribution is 0.0785. The molecule has 1 unspecified atom stereocenters. The van der Waals surface area contributed by atoms with Crippen molar-refractivity contribution in [3.63, 3.8) is 0 Å². The highest BCUT2D eigenvalue weighted by atomic mass is 19.1. The summed E-state index contributed by atoms with van der Waals surface area (Å²) in [5, 5.41) is 0. The topological polar surface area (TPSA) is 46.3 Å². The van der Waals surface area contributed by atoms with Gasteiger partial charge in [0.1, 0.15) is 5.82 Å². The molecular formula is C17H21FN2O. The van der Waals surface area contributed by atoms with E-state index in [9.17, 15) is 9.18 Å². The van der Waals surface area contributed by atoms with E-state index in [2.05, 4.69) is 18.8 Å². The number of amides is 1. The average molecular weight is 288 g/mol. The molecule has 2 N–H and O–H groups in total. The second-order valence-electron chi connectivity index (χ2n) is 5.39. The first-order chi connectivity index (χ1) is 10.2. The minimum atomic E-state index is -0.416. The molecule has 1 atom stereocenters. The maximum absolute atomic E-state index is 13.5. The van der Waals surface area contributed by atoms with Crippen LogP contribution in [0.5, 0.6) is 0 Å². The van der Waals surface area contributed by atoms with Crippen LogP contribution < -0.4 is 5.73 Å². The third-order valence-electron chi connectivity index (χ3n) is 3.81. The number of rotatable bonds is 3. The lowest BCUT2D eigenvalue weighted by Gasteiger charge is -2.17. The molecule has 0 bridgehead atoms. The van der Waals surface area contributed by atoms with Crippen molar-refractivity contribution in [2.75, 3.05) is 19.6 Å². The quantitative estimate of drug-likeness (QED) is 0.868. The Morgan fingerprint density at radius 1 is 1.52 bits per heavy atom. The number of carbonyl (C=O) groups excluding carboxylic acids is 1. The Bertz CT molecular complexity index is 574. The molecule has 21 heavy (non-hydrogen) atoms. The van der Waals surface area contributed by atoms with Gasteiger partial charge in [-0.25, -0.2) is 4.39 Å². The molecule has 0 saturated carbocycles. The van der Waals surface area contributed by atoms with E-state index >= 15 is 0 Å². The van der Waals surface area contributed by atoms with Crippen molar-refractivity contribution in [1.82, 2.24) is 4.90 Å². The molecule has 1 aliphatic rings. The van der Waals surface area contributed by atoms with Crippen LogP contribution in [0.3, 0.4) is 0 Å². The summed E-state index contributed by atoms with van der Waals surface area (Å²) < 4.78 is 13.5. The molecular weight excluding hydrogens is 267 g/mol.